The number of likely N-dealkylation sites (tertiary alicyclic amines) is 1. The van der Waals surface area contributed by atoms with Crippen LogP contribution in [0.5, 0.6) is 0 Å². The largest absolute Gasteiger partial charge is 0.327 e. The molecule has 3 heteroatoms. The number of amides is 1. The van der Waals surface area contributed by atoms with E-state index in [1.165, 1.54) is 11.1 Å². The Bertz CT molecular complexity index is 455. The Morgan fingerprint density at radius 1 is 1.20 bits per heavy atom. The van der Waals surface area contributed by atoms with Crippen molar-refractivity contribution < 1.29 is 4.79 Å². The van der Waals surface area contributed by atoms with Crippen LogP contribution in [-0.2, 0) is 17.8 Å². The van der Waals surface area contributed by atoms with Crippen molar-refractivity contribution in [2.75, 3.05) is 13.7 Å². The normalized spacial score (nSPS) is 22.9. The van der Waals surface area contributed by atoms with Crippen LogP contribution in [0.3, 0.4) is 0 Å². The molecular weight excluding hydrogens is 248 g/mol. The van der Waals surface area contributed by atoms with Crippen molar-refractivity contribution in [2.45, 2.75) is 46.2 Å². The van der Waals surface area contributed by atoms with Crippen molar-refractivity contribution >= 4 is 5.91 Å². The van der Waals surface area contributed by atoms with Gasteiger partial charge >= 0.3 is 0 Å². The van der Waals surface area contributed by atoms with E-state index in [1.807, 2.05) is 4.90 Å². The molecule has 1 heterocycles. The number of carbonyl (C=O) groups excluding carboxylic acids is 1. The molecule has 0 spiro atoms. The van der Waals surface area contributed by atoms with Gasteiger partial charge in [-0.15, -0.1) is 0 Å². The summed E-state index contributed by atoms with van der Waals surface area (Å²) in [6, 6.07) is 9.11. The lowest BCUT2D eigenvalue weighted by Crippen LogP contribution is -2.40. The molecular formula is C17H26N2O. The van der Waals surface area contributed by atoms with E-state index in [9.17, 15) is 4.79 Å². The summed E-state index contributed by atoms with van der Waals surface area (Å²) in [4.78, 5) is 16.2. The number of hydrogen-bond acceptors (Lipinski definition) is 2. The lowest BCUT2D eigenvalue weighted by molar-refractivity contribution is -0.130. The van der Waals surface area contributed by atoms with Crippen LogP contribution in [0.4, 0.5) is 0 Å². The van der Waals surface area contributed by atoms with E-state index in [2.05, 4.69) is 57.0 Å². The molecule has 1 aromatic carbocycles. The van der Waals surface area contributed by atoms with Crippen LogP contribution in [0, 0.1) is 5.92 Å². The van der Waals surface area contributed by atoms with Gasteiger partial charge in [0.15, 0.2) is 0 Å². The zero-order valence-electron chi connectivity index (χ0n) is 13.1. The second kappa shape index (κ2) is 6.40. The van der Waals surface area contributed by atoms with Gasteiger partial charge in [-0.25, -0.2) is 0 Å². The SMILES string of the molecule is CCc1ccc(CN(C)CN2C(=O)C[C@H](C)[C@@H]2C)cc1. The van der Waals surface area contributed by atoms with E-state index in [4.69, 9.17) is 0 Å². The molecule has 1 aliphatic rings. The Kier molecular flexibility index (Phi) is 4.81. The highest BCUT2D eigenvalue weighted by molar-refractivity contribution is 5.79. The first-order chi connectivity index (χ1) is 9.51. The topological polar surface area (TPSA) is 23.6 Å². The monoisotopic (exact) mass is 274 g/mol. The van der Waals surface area contributed by atoms with Crippen molar-refractivity contribution in [3.63, 3.8) is 0 Å². The summed E-state index contributed by atoms with van der Waals surface area (Å²) >= 11 is 0. The highest BCUT2D eigenvalue weighted by Crippen LogP contribution is 2.24. The van der Waals surface area contributed by atoms with Crippen LogP contribution in [-0.4, -0.2) is 35.5 Å². The van der Waals surface area contributed by atoms with Gasteiger partial charge in [-0.3, -0.25) is 9.69 Å². The Hall–Kier alpha value is -1.35. The predicted molar refractivity (Wildman–Crippen MR) is 82.2 cm³/mol. The number of aryl methyl sites for hydroxylation is 1. The summed E-state index contributed by atoms with van der Waals surface area (Å²) in [6.07, 6.45) is 1.77. The fourth-order valence-corrected chi connectivity index (χ4v) is 2.81. The molecule has 0 N–H and O–H groups in total. The first-order valence-corrected chi connectivity index (χ1v) is 7.57. The Balaban J connectivity index is 1.91. The molecule has 0 aromatic heterocycles. The van der Waals surface area contributed by atoms with E-state index in [0.717, 1.165) is 19.6 Å². The summed E-state index contributed by atoms with van der Waals surface area (Å²) in [5.74, 6) is 0.762. The lowest BCUT2D eigenvalue weighted by Gasteiger charge is -2.29. The molecule has 110 valence electrons. The minimum absolute atomic E-state index is 0.290. The molecule has 0 radical (unpaired) electrons. The van der Waals surface area contributed by atoms with Crippen LogP contribution < -0.4 is 0 Å². The Morgan fingerprint density at radius 2 is 1.80 bits per heavy atom. The maximum absolute atomic E-state index is 12.0. The van der Waals surface area contributed by atoms with E-state index < -0.39 is 0 Å². The molecule has 1 amide bonds. The zero-order chi connectivity index (χ0) is 14.7. The summed E-state index contributed by atoms with van der Waals surface area (Å²) < 4.78 is 0. The molecule has 2 rings (SSSR count). The van der Waals surface area contributed by atoms with Crippen molar-refractivity contribution in [3.8, 4) is 0 Å². The lowest BCUT2D eigenvalue weighted by atomic mass is 10.1. The van der Waals surface area contributed by atoms with Crippen LogP contribution >= 0.6 is 0 Å². The molecule has 0 saturated carbocycles. The quantitative estimate of drug-likeness (QED) is 0.824. The third kappa shape index (κ3) is 3.40. The standard InChI is InChI=1S/C17H26N2O/c1-5-15-6-8-16(9-7-15)11-18(4)12-19-14(3)13(2)10-17(19)20/h6-9,13-14H,5,10-12H2,1-4H3/t13-,14-/m0/s1. The van der Waals surface area contributed by atoms with Gasteiger partial charge < -0.3 is 4.90 Å². The third-order valence-corrected chi connectivity index (χ3v) is 4.41. The number of rotatable bonds is 5. The summed E-state index contributed by atoms with van der Waals surface area (Å²) in [7, 11) is 2.08. The van der Waals surface area contributed by atoms with Gasteiger partial charge in [0.2, 0.25) is 5.91 Å². The molecule has 2 atom stereocenters. The van der Waals surface area contributed by atoms with E-state index in [0.29, 0.717) is 18.4 Å². The van der Waals surface area contributed by atoms with E-state index in [1.54, 1.807) is 0 Å². The van der Waals surface area contributed by atoms with E-state index >= 15 is 0 Å². The average molecular weight is 274 g/mol. The highest BCUT2D eigenvalue weighted by atomic mass is 16.2. The molecule has 1 fully saturated rings. The molecule has 3 nitrogen and oxygen atoms in total. The number of carbonyl (C=O) groups is 1. The minimum Gasteiger partial charge on any atom is -0.327 e. The molecule has 1 aromatic rings. The first-order valence-electron chi connectivity index (χ1n) is 7.57. The van der Waals surface area contributed by atoms with Gasteiger partial charge in [-0.2, -0.15) is 0 Å². The molecule has 0 aliphatic carbocycles. The number of nitrogens with zero attached hydrogens (tertiary/aromatic N) is 2. The highest BCUT2D eigenvalue weighted by Gasteiger charge is 2.34. The van der Waals surface area contributed by atoms with E-state index in [-0.39, 0.29) is 5.91 Å². The molecule has 0 unspecified atom stereocenters. The maximum atomic E-state index is 12.0. The van der Waals surface area contributed by atoms with Crippen LogP contribution in [0.25, 0.3) is 0 Å². The second-order valence-electron chi connectivity index (χ2n) is 6.11. The fourth-order valence-electron chi connectivity index (χ4n) is 2.81. The minimum atomic E-state index is 0.290. The fraction of sp³-hybridized carbons (Fsp3) is 0.588. The predicted octanol–water partition coefficient (Wildman–Crippen LogP) is 2.90. The van der Waals surface area contributed by atoms with Crippen molar-refractivity contribution in [1.82, 2.24) is 9.80 Å². The first kappa shape index (κ1) is 15.0. The van der Waals surface area contributed by atoms with Crippen molar-refractivity contribution in [1.29, 1.82) is 0 Å². The van der Waals surface area contributed by atoms with Crippen LogP contribution in [0.1, 0.15) is 38.3 Å². The Labute approximate surface area is 122 Å². The van der Waals surface area contributed by atoms with Gasteiger partial charge in [-0.1, -0.05) is 38.1 Å². The summed E-state index contributed by atoms with van der Waals surface area (Å²) in [6.45, 7) is 8.09. The average Bonchev–Trinajstić information content (AvgIpc) is 2.66. The second-order valence-corrected chi connectivity index (χ2v) is 6.11. The number of benzene rings is 1. The van der Waals surface area contributed by atoms with Crippen LogP contribution in [0.15, 0.2) is 24.3 Å². The van der Waals surface area contributed by atoms with Gasteiger partial charge in [0, 0.05) is 19.0 Å². The smallest absolute Gasteiger partial charge is 0.224 e. The Morgan fingerprint density at radius 3 is 2.30 bits per heavy atom. The third-order valence-electron chi connectivity index (χ3n) is 4.41. The molecule has 0 bridgehead atoms. The summed E-state index contributed by atoms with van der Waals surface area (Å²) in [5, 5.41) is 0. The van der Waals surface area contributed by atoms with Crippen LogP contribution in [0.2, 0.25) is 0 Å². The number of hydrogen-bond donors (Lipinski definition) is 0. The summed E-state index contributed by atoms with van der Waals surface area (Å²) in [5.41, 5.74) is 2.67. The van der Waals surface area contributed by atoms with Gasteiger partial charge in [0.1, 0.15) is 0 Å². The van der Waals surface area contributed by atoms with Crippen molar-refractivity contribution in [3.05, 3.63) is 35.4 Å². The van der Waals surface area contributed by atoms with Gasteiger partial charge in [-0.05, 0) is 37.4 Å². The maximum Gasteiger partial charge on any atom is 0.224 e. The molecule has 20 heavy (non-hydrogen) atoms. The molecule has 1 aliphatic heterocycles. The zero-order valence-corrected chi connectivity index (χ0v) is 13.1. The van der Waals surface area contributed by atoms with Crippen molar-refractivity contribution in [2.24, 2.45) is 5.92 Å². The molecule has 1 saturated heterocycles. The van der Waals surface area contributed by atoms with Gasteiger partial charge in [0.25, 0.3) is 0 Å². The van der Waals surface area contributed by atoms with Gasteiger partial charge in [0.05, 0.1) is 6.67 Å².